The third-order valence-electron chi connectivity index (χ3n) is 6.88. The van der Waals surface area contributed by atoms with Crippen molar-refractivity contribution in [1.82, 2.24) is 19.8 Å². The van der Waals surface area contributed by atoms with E-state index in [-0.39, 0.29) is 18.1 Å². The lowest BCUT2D eigenvalue weighted by Crippen LogP contribution is -2.57. The summed E-state index contributed by atoms with van der Waals surface area (Å²) in [6.07, 6.45) is 10.4. The normalized spacial score (nSPS) is 25.8. The van der Waals surface area contributed by atoms with Gasteiger partial charge in [0, 0.05) is 50.3 Å². The van der Waals surface area contributed by atoms with E-state index in [2.05, 4.69) is 52.7 Å². The highest BCUT2D eigenvalue weighted by Crippen LogP contribution is 2.30. The molecular formula is C23H35N6O2+. The van der Waals surface area contributed by atoms with E-state index in [0.717, 1.165) is 61.4 Å². The van der Waals surface area contributed by atoms with Crippen molar-refractivity contribution >= 4 is 23.0 Å². The first-order valence-electron chi connectivity index (χ1n) is 11.4. The molecular weight excluding hydrogens is 392 g/mol. The number of carbonyl (C=O) groups is 1. The molecule has 0 spiro atoms. The molecule has 0 aliphatic carbocycles. The van der Waals surface area contributed by atoms with Gasteiger partial charge in [0.15, 0.2) is 5.69 Å². The summed E-state index contributed by atoms with van der Waals surface area (Å²) in [5.41, 5.74) is 2.48. The minimum Gasteiger partial charge on any atom is -0.498 e. The lowest BCUT2D eigenvalue weighted by Gasteiger charge is -2.38. The van der Waals surface area contributed by atoms with E-state index in [1.54, 1.807) is 12.4 Å². The number of rotatable bonds is 7. The molecule has 8 heteroatoms. The fourth-order valence-corrected chi connectivity index (χ4v) is 4.63. The van der Waals surface area contributed by atoms with Crippen molar-refractivity contribution in [3.05, 3.63) is 30.8 Å². The summed E-state index contributed by atoms with van der Waals surface area (Å²) in [7, 11) is 2.22. The maximum atomic E-state index is 13.0. The largest absolute Gasteiger partial charge is 0.498 e. The average Bonchev–Trinajstić information content (AvgIpc) is 3.42. The predicted molar refractivity (Wildman–Crippen MR) is 124 cm³/mol. The predicted octanol–water partition coefficient (Wildman–Crippen LogP) is 2.34. The molecule has 3 atom stereocenters. The third kappa shape index (κ3) is 4.91. The lowest BCUT2D eigenvalue weighted by molar-refractivity contribution is -0.110. The fourth-order valence-electron chi connectivity index (χ4n) is 4.63. The standard InChI is InChI=1S/C23H34N6O2/c1-17-8-15-31-22(17)5-4-18(2)28-12-7-19(27-28)23(30)26-20-16-25-9-6-21(20)29(3)13-10-24-11-14-29/h6,8-9,15-18,22,24H,4-5,7,10-14H2,1-3H3/p+1. The number of pyridine rings is 1. The van der Waals surface area contributed by atoms with Gasteiger partial charge in [0.25, 0.3) is 5.91 Å². The van der Waals surface area contributed by atoms with Crippen LogP contribution in [0.25, 0.3) is 0 Å². The molecule has 1 saturated heterocycles. The van der Waals surface area contributed by atoms with E-state index in [0.29, 0.717) is 18.1 Å². The number of amides is 1. The molecule has 0 bridgehead atoms. The number of hydrogen-bond acceptors (Lipinski definition) is 6. The first-order valence-corrected chi connectivity index (χ1v) is 11.4. The Kier molecular flexibility index (Phi) is 6.57. The smallest absolute Gasteiger partial charge is 0.272 e. The molecule has 4 rings (SSSR count). The van der Waals surface area contributed by atoms with Crippen LogP contribution in [0.2, 0.25) is 0 Å². The van der Waals surface area contributed by atoms with Crippen molar-refractivity contribution in [2.45, 2.75) is 45.3 Å². The van der Waals surface area contributed by atoms with Gasteiger partial charge in [-0.2, -0.15) is 5.10 Å². The van der Waals surface area contributed by atoms with Gasteiger partial charge in [0.2, 0.25) is 0 Å². The summed E-state index contributed by atoms with van der Waals surface area (Å²) in [6.45, 7) is 9.04. The zero-order chi connectivity index (χ0) is 21.8. The Morgan fingerprint density at radius 1 is 1.42 bits per heavy atom. The first-order chi connectivity index (χ1) is 15.0. The summed E-state index contributed by atoms with van der Waals surface area (Å²) in [6, 6.07) is 2.30. The average molecular weight is 428 g/mol. The zero-order valence-electron chi connectivity index (χ0n) is 18.9. The molecule has 0 aromatic carbocycles. The molecule has 1 aromatic rings. The van der Waals surface area contributed by atoms with Crippen LogP contribution in [0, 0.1) is 5.92 Å². The molecule has 3 unspecified atom stereocenters. The molecule has 1 fully saturated rings. The van der Waals surface area contributed by atoms with E-state index in [9.17, 15) is 4.79 Å². The van der Waals surface area contributed by atoms with Crippen LogP contribution in [0.4, 0.5) is 11.4 Å². The van der Waals surface area contributed by atoms with E-state index < -0.39 is 0 Å². The van der Waals surface area contributed by atoms with Gasteiger partial charge >= 0.3 is 0 Å². The van der Waals surface area contributed by atoms with Gasteiger partial charge in [0.05, 0.1) is 32.6 Å². The van der Waals surface area contributed by atoms with Gasteiger partial charge < -0.3 is 15.4 Å². The Morgan fingerprint density at radius 2 is 2.23 bits per heavy atom. The molecule has 2 N–H and O–H groups in total. The van der Waals surface area contributed by atoms with Gasteiger partial charge in [-0.3, -0.25) is 19.3 Å². The van der Waals surface area contributed by atoms with E-state index in [1.807, 2.05) is 12.3 Å². The molecule has 3 aliphatic heterocycles. The van der Waals surface area contributed by atoms with Crippen LogP contribution < -0.4 is 15.1 Å². The van der Waals surface area contributed by atoms with Crippen LogP contribution >= 0.6 is 0 Å². The number of ether oxygens (including phenoxy) is 1. The molecule has 0 saturated carbocycles. The zero-order valence-corrected chi connectivity index (χ0v) is 18.9. The maximum Gasteiger partial charge on any atom is 0.272 e. The van der Waals surface area contributed by atoms with Gasteiger partial charge in [-0.1, -0.05) is 6.92 Å². The third-order valence-corrected chi connectivity index (χ3v) is 6.88. The molecule has 0 radical (unpaired) electrons. The molecule has 168 valence electrons. The monoisotopic (exact) mass is 427 g/mol. The van der Waals surface area contributed by atoms with Crippen molar-refractivity contribution in [1.29, 1.82) is 0 Å². The Balaban J connectivity index is 1.37. The number of hydrogen-bond donors (Lipinski definition) is 2. The molecule has 8 nitrogen and oxygen atoms in total. The molecule has 31 heavy (non-hydrogen) atoms. The number of hydrazone groups is 1. The fraction of sp³-hybridized carbons (Fsp3) is 0.609. The second-order valence-electron chi connectivity index (χ2n) is 9.19. The molecule has 3 aliphatic rings. The van der Waals surface area contributed by atoms with Gasteiger partial charge in [-0.05, 0) is 25.8 Å². The number of nitrogens with one attached hydrogen (secondary N) is 2. The van der Waals surface area contributed by atoms with Crippen LogP contribution in [-0.4, -0.2) is 73.5 Å². The second-order valence-corrected chi connectivity index (χ2v) is 9.19. The van der Waals surface area contributed by atoms with Gasteiger partial charge in [-0.15, -0.1) is 0 Å². The van der Waals surface area contributed by atoms with Crippen molar-refractivity contribution in [3.63, 3.8) is 0 Å². The highest BCUT2D eigenvalue weighted by Gasteiger charge is 2.32. The number of quaternary nitrogens is 1. The quantitative estimate of drug-likeness (QED) is 0.653. The summed E-state index contributed by atoms with van der Waals surface area (Å²) >= 11 is 0. The first kappa shape index (κ1) is 21.8. The number of nitrogens with zero attached hydrogens (tertiary/aromatic N) is 4. The number of aromatic nitrogens is 1. The van der Waals surface area contributed by atoms with Crippen LogP contribution in [0.5, 0.6) is 0 Å². The van der Waals surface area contributed by atoms with Crippen molar-refractivity contribution in [2.75, 3.05) is 45.1 Å². The number of carbonyl (C=O) groups excluding carboxylic acids is 1. The minimum atomic E-state index is -0.123. The lowest BCUT2D eigenvalue weighted by atomic mass is 10.00. The number of anilines is 1. The molecule has 4 heterocycles. The Hall–Kier alpha value is -2.45. The van der Waals surface area contributed by atoms with Crippen LogP contribution in [-0.2, 0) is 9.53 Å². The Morgan fingerprint density at radius 3 is 2.97 bits per heavy atom. The van der Waals surface area contributed by atoms with E-state index >= 15 is 0 Å². The maximum absolute atomic E-state index is 13.0. The van der Waals surface area contributed by atoms with E-state index in [4.69, 9.17) is 4.74 Å². The van der Waals surface area contributed by atoms with Crippen LogP contribution in [0.3, 0.4) is 0 Å². The summed E-state index contributed by atoms with van der Waals surface area (Å²) < 4.78 is 6.45. The topological polar surface area (TPSA) is 78.8 Å². The highest BCUT2D eigenvalue weighted by atomic mass is 16.5. The van der Waals surface area contributed by atoms with Crippen LogP contribution in [0.1, 0.15) is 33.1 Å². The van der Waals surface area contributed by atoms with Gasteiger partial charge in [-0.25, -0.2) is 0 Å². The number of piperazine rings is 1. The van der Waals surface area contributed by atoms with Crippen molar-refractivity contribution in [2.24, 2.45) is 11.0 Å². The van der Waals surface area contributed by atoms with Crippen molar-refractivity contribution < 1.29 is 9.53 Å². The highest BCUT2D eigenvalue weighted by molar-refractivity contribution is 6.43. The van der Waals surface area contributed by atoms with Gasteiger partial charge in [0.1, 0.15) is 17.5 Å². The van der Waals surface area contributed by atoms with Crippen molar-refractivity contribution in [3.8, 4) is 0 Å². The molecule has 1 aromatic heterocycles. The number of likely N-dealkylation sites (N-methyl/N-ethyl adjacent to an activating group) is 1. The van der Waals surface area contributed by atoms with Crippen LogP contribution in [0.15, 0.2) is 35.9 Å². The second kappa shape index (κ2) is 9.36. The molecule has 1 amide bonds. The Bertz CT molecular complexity index is 848. The minimum absolute atomic E-state index is 0.123. The summed E-state index contributed by atoms with van der Waals surface area (Å²) in [4.78, 5) is 17.2. The Labute approximate surface area is 184 Å². The summed E-state index contributed by atoms with van der Waals surface area (Å²) in [5.74, 6) is 0.340. The SMILES string of the molecule is CC1C=COC1CCC(C)N1CCC(C(=O)Nc2cnccc2[N+]2(C)CCNCC2)=N1. The van der Waals surface area contributed by atoms with E-state index in [1.165, 1.54) is 0 Å². The summed E-state index contributed by atoms with van der Waals surface area (Å²) in [5, 5.41) is 13.2.